The normalized spacial score (nSPS) is 24.9. The molecule has 8 nitrogen and oxygen atoms in total. The molecule has 0 aromatic carbocycles. The van der Waals surface area contributed by atoms with Gasteiger partial charge in [-0.05, 0) is 25.9 Å². The number of nitrogens with zero attached hydrogens (tertiary/aromatic N) is 3. The highest BCUT2D eigenvalue weighted by atomic mass is 16.6. The molecule has 1 atom stereocenters. The van der Waals surface area contributed by atoms with Crippen LogP contribution in [0.1, 0.15) is 62.9 Å². The van der Waals surface area contributed by atoms with Crippen molar-refractivity contribution in [3.8, 4) is 0 Å². The Kier molecular flexibility index (Phi) is 4.84. The monoisotopic (exact) mass is 376 g/mol. The fraction of sp³-hybridized carbons (Fsp3) is 0.737. The minimum Gasteiger partial charge on any atom is -0.441 e. The van der Waals surface area contributed by atoms with E-state index in [1.807, 2.05) is 11.0 Å². The molecular formula is C19H28N4O4. The smallest absolute Gasteiger partial charge is 0.410 e. The summed E-state index contributed by atoms with van der Waals surface area (Å²) in [5, 5.41) is 7.47. The van der Waals surface area contributed by atoms with E-state index in [0.29, 0.717) is 13.1 Å². The largest absolute Gasteiger partial charge is 0.441 e. The molecule has 27 heavy (non-hydrogen) atoms. The second-order valence-electron chi connectivity index (χ2n) is 8.21. The molecule has 2 amide bonds. The van der Waals surface area contributed by atoms with Gasteiger partial charge in [-0.15, -0.1) is 0 Å². The summed E-state index contributed by atoms with van der Waals surface area (Å²) in [5.41, 5.74) is 0.383. The zero-order valence-electron chi connectivity index (χ0n) is 16.1. The Bertz CT molecular complexity index is 710. The number of aromatic nitrogens is 1. The van der Waals surface area contributed by atoms with Gasteiger partial charge >= 0.3 is 6.09 Å². The number of amides is 2. The fourth-order valence-corrected chi connectivity index (χ4v) is 4.32. The van der Waals surface area contributed by atoms with Crippen LogP contribution in [0.3, 0.4) is 0 Å². The number of nitrogens with one attached hydrogen (secondary N) is 1. The third-order valence-electron chi connectivity index (χ3n) is 5.91. The van der Waals surface area contributed by atoms with Crippen LogP contribution in [-0.4, -0.2) is 65.3 Å². The van der Waals surface area contributed by atoms with Crippen LogP contribution in [0.25, 0.3) is 0 Å². The third kappa shape index (κ3) is 3.54. The minimum atomic E-state index is -0.425. The lowest BCUT2D eigenvalue weighted by Crippen LogP contribution is -2.46. The van der Waals surface area contributed by atoms with Gasteiger partial charge in [-0.3, -0.25) is 9.69 Å². The van der Waals surface area contributed by atoms with Crippen molar-refractivity contribution < 1.29 is 18.8 Å². The number of likely N-dealkylation sites (tertiary alicyclic amines) is 1. The molecule has 0 unspecified atom stereocenters. The van der Waals surface area contributed by atoms with Gasteiger partial charge in [-0.2, -0.15) is 0 Å². The Labute approximate surface area is 159 Å². The SMILES string of the molecule is CC(C)c1cc([C@H]2CCCN2C(=O)CN2CC3(CCNCC3)OC2=O)no1. The first-order chi connectivity index (χ1) is 13.0. The van der Waals surface area contributed by atoms with E-state index in [4.69, 9.17) is 9.26 Å². The highest BCUT2D eigenvalue weighted by Gasteiger charge is 2.46. The van der Waals surface area contributed by atoms with Crippen molar-refractivity contribution in [1.29, 1.82) is 0 Å². The van der Waals surface area contributed by atoms with Crippen LogP contribution in [0.2, 0.25) is 0 Å². The standard InChI is InChI=1S/C19H28N4O4/c1-13(2)16-10-14(21-27-16)15-4-3-9-23(15)17(24)11-22-12-19(26-18(22)25)5-7-20-8-6-19/h10,13,15,20H,3-9,11-12H2,1-2H3/t15-/m1/s1. The molecule has 4 rings (SSSR count). The van der Waals surface area contributed by atoms with Gasteiger partial charge in [0.1, 0.15) is 23.6 Å². The summed E-state index contributed by atoms with van der Waals surface area (Å²) in [6, 6.07) is 1.88. The van der Waals surface area contributed by atoms with Crippen LogP contribution in [-0.2, 0) is 9.53 Å². The summed E-state index contributed by atoms with van der Waals surface area (Å²) >= 11 is 0. The van der Waals surface area contributed by atoms with Gasteiger partial charge in [0, 0.05) is 31.4 Å². The molecule has 3 saturated heterocycles. The van der Waals surface area contributed by atoms with Crippen LogP contribution in [0, 0.1) is 0 Å². The highest BCUT2D eigenvalue weighted by Crippen LogP contribution is 2.34. The average Bonchev–Trinajstić information content (AvgIpc) is 3.35. The first-order valence-corrected chi connectivity index (χ1v) is 9.92. The molecule has 3 fully saturated rings. The molecule has 148 valence electrons. The molecule has 0 bridgehead atoms. The molecule has 0 radical (unpaired) electrons. The van der Waals surface area contributed by atoms with Gasteiger partial charge in [-0.25, -0.2) is 4.79 Å². The lowest BCUT2D eigenvalue weighted by atomic mass is 9.92. The maximum absolute atomic E-state index is 12.9. The van der Waals surface area contributed by atoms with Crippen molar-refractivity contribution in [2.75, 3.05) is 32.7 Å². The summed E-state index contributed by atoms with van der Waals surface area (Å²) in [6.45, 7) is 7.04. The van der Waals surface area contributed by atoms with E-state index in [9.17, 15) is 9.59 Å². The highest BCUT2D eigenvalue weighted by molar-refractivity contribution is 5.83. The van der Waals surface area contributed by atoms with E-state index < -0.39 is 5.60 Å². The molecule has 1 aromatic heterocycles. The number of carbonyl (C=O) groups is 2. The molecular weight excluding hydrogens is 348 g/mol. The number of piperidine rings is 1. The topological polar surface area (TPSA) is 87.9 Å². The Morgan fingerprint density at radius 2 is 2.19 bits per heavy atom. The Morgan fingerprint density at radius 1 is 1.41 bits per heavy atom. The molecule has 0 saturated carbocycles. The first-order valence-electron chi connectivity index (χ1n) is 9.92. The predicted octanol–water partition coefficient (Wildman–Crippen LogP) is 2.04. The number of rotatable bonds is 4. The third-order valence-corrected chi connectivity index (χ3v) is 5.91. The van der Waals surface area contributed by atoms with Crippen molar-refractivity contribution >= 4 is 12.0 Å². The van der Waals surface area contributed by atoms with Gasteiger partial charge in [0.15, 0.2) is 0 Å². The van der Waals surface area contributed by atoms with Gasteiger partial charge in [0.2, 0.25) is 5.91 Å². The van der Waals surface area contributed by atoms with Gasteiger partial charge in [0.05, 0.1) is 12.6 Å². The van der Waals surface area contributed by atoms with Crippen molar-refractivity contribution in [3.63, 3.8) is 0 Å². The summed E-state index contributed by atoms with van der Waals surface area (Å²) in [6.07, 6.45) is 3.03. The number of hydrogen-bond donors (Lipinski definition) is 1. The summed E-state index contributed by atoms with van der Waals surface area (Å²) in [4.78, 5) is 28.7. The zero-order chi connectivity index (χ0) is 19.0. The fourth-order valence-electron chi connectivity index (χ4n) is 4.32. The molecule has 1 spiro atoms. The summed E-state index contributed by atoms with van der Waals surface area (Å²) < 4.78 is 11.1. The van der Waals surface area contributed by atoms with Crippen molar-refractivity contribution in [3.05, 3.63) is 17.5 Å². The van der Waals surface area contributed by atoms with Crippen molar-refractivity contribution in [2.45, 2.75) is 57.1 Å². The Balaban J connectivity index is 1.42. The van der Waals surface area contributed by atoms with Crippen molar-refractivity contribution in [1.82, 2.24) is 20.3 Å². The maximum atomic E-state index is 12.9. The predicted molar refractivity (Wildman–Crippen MR) is 97.2 cm³/mol. The van der Waals surface area contributed by atoms with Crippen LogP contribution in [0.5, 0.6) is 0 Å². The number of hydrogen-bond acceptors (Lipinski definition) is 6. The van der Waals surface area contributed by atoms with E-state index in [2.05, 4.69) is 24.3 Å². The van der Waals surface area contributed by atoms with Crippen LogP contribution in [0.15, 0.2) is 10.6 Å². The first kappa shape index (κ1) is 18.3. The Morgan fingerprint density at radius 3 is 2.89 bits per heavy atom. The zero-order valence-corrected chi connectivity index (χ0v) is 16.1. The van der Waals surface area contributed by atoms with Crippen LogP contribution >= 0.6 is 0 Å². The van der Waals surface area contributed by atoms with Crippen LogP contribution in [0.4, 0.5) is 4.79 Å². The van der Waals surface area contributed by atoms with E-state index >= 15 is 0 Å². The van der Waals surface area contributed by atoms with Gasteiger partial charge in [0.25, 0.3) is 0 Å². The van der Waals surface area contributed by atoms with Crippen LogP contribution < -0.4 is 5.32 Å². The van der Waals surface area contributed by atoms with Gasteiger partial charge in [-0.1, -0.05) is 19.0 Å². The number of carbonyl (C=O) groups excluding carboxylic acids is 2. The lowest BCUT2D eigenvalue weighted by Gasteiger charge is -2.31. The van der Waals surface area contributed by atoms with E-state index in [1.165, 1.54) is 0 Å². The summed E-state index contributed by atoms with van der Waals surface area (Å²) in [5.74, 6) is 1.05. The molecule has 1 aromatic rings. The second kappa shape index (κ2) is 7.14. The molecule has 8 heteroatoms. The molecule has 1 N–H and O–H groups in total. The average molecular weight is 376 g/mol. The van der Waals surface area contributed by atoms with E-state index in [1.54, 1.807) is 4.90 Å². The van der Waals surface area contributed by atoms with E-state index in [0.717, 1.165) is 50.2 Å². The van der Waals surface area contributed by atoms with E-state index in [-0.39, 0.29) is 30.5 Å². The summed E-state index contributed by atoms with van der Waals surface area (Å²) in [7, 11) is 0. The second-order valence-corrected chi connectivity index (χ2v) is 8.21. The molecule has 3 aliphatic rings. The molecule has 3 aliphatic heterocycles. The quantitative estimate of drug-likeness (QED) is 0.865. The minimum absolute atomic E-state index is 0.0467. The lowest BCUT2D eigenvalue weighted by molar-refractivity contribution is -0.132. The molecule has 0 aliphatic carbocycles. The number of ether oxygens (including phenoxy) is 1. The van der Waals surface area contributed by atoms with Gasteiger partial charge < -0.3 is 19.5 Å². The molecule has 4 heterocycles. The Hall–Kier alpha value is -2.09. The van der Waals surface area contributed by atoms with Crippen molar-refractivity contribution in [2.24, 2.45) is 0 Å². The maximum Gasteiger partial charge on any atom is 0.410 e.